The summed E-state index contributed by atoms with van der Waals surface area (Å²) >= 11 is 0. The number of H-pyrrole nitrogens is 1. The third-order valence-corrected chi connectivity index (χ3v) is 4.06. The van der Waals surface area contributed by atoms with Crippen LogP contribution in [0.3, 0.4) is 0 Å². The monoisotopic (exact) mass is 316 g/mol. The molecule has 1 atom stereocenters. The molecule has 1 aromatic heterocycles. The average Bonchev–Trinajstić information content (AvgIpc) is 3.23. The lowest BCUT2D eigenvalue weighted by atomic mass is 10.0. The molecule has 0 radical (unpaired) electrons. The first-order valence-electron chi connectivity index (χ1n) is 7.40. The highest BCUT2D eigenvalue weighted by molar-refractivity contribution is 5.94. The van der Waals surface area contributed by atoms with Gasteiger partial charge in [-0.25, -0.2) is 4.39 Å². The minimum Gasteiger partial charge on any atom is -0.354 e. The Kier molecular flexibility index (Phi) is 4.10. The zero-order valence-corrected chi connectivity index (χ0v) is 12.7. The highest BCUT2D eigenvalue weighted by Gasteiger charge is 2.29. The summed E-state index contributed by atoms with van der Waals surface area (Å²) in [5.74, 6) is -0.603. The molecule has 1 aliphatic rings. The second kappa shape index (κ2) is 6.20. The number of hydrogen-bond donors (Lipinski definition) is 2. The van der Waals surface area contributed by atoms with E-state index in [1.807, 2.05) is 0 Å². The summed E-state index contributed by atoms with van der Waals surface area (Å²) in [5.41, 5.74) is 1.66. The lowest BCUT2D eigenvalue weighted by Crippen LogP contribution is -2.28. The molecule has 2 heterocycles. The Morgan fingerprint density at radius 3 is 2.78 bits per heavy atom. The van der Waals surface area contributed by atoms with Gasteiger partial charge in [-0.2, -0.15) is 5.10 Å². The van der Waals surface area contributed by atoms with Gasteiger partial charge in [-0.15, -0.1) is 0 Å². The number of carbonyl (C=O) groups excluding carboxylic acids is 2. The lowest BCUT2D eigenvalue weighted by Gasteiger charge is -2.16. The molecule has 0 saturated carbocycles. The smallest absolute Gasteiger partial charge is 0.271 e. The Labute approximate surface area is 132 Å². The van der Waals surface area contributed by atoms with Gasteiger partial charge >= 0.3 is 0 Å². The zero-order chi connectivity index (χ0) is 16.4. The molecule has 120 valence electrons. The second-order valence-electron chi connectivity index (χ2n) is 5.53. The molecular weight excluding hydrogens is 299 g/mol. The van der Waals surface area contributed by atoms with E-state index in [-0.39, 0.29) is 23.5 Å². The van der Waals surface area contributed by atoms with Gasteiger partial charge in [-0.3, -0.25) is 14.7 Å². The summed E-state index contributed by atoms with van der Waals surface area (Å²) in [4.78, 5) is 25.7. The van der Waals surface area contributed by atoms with Crippen molar-refractivity contribution in [3.05, 3.63) is 53.1 Å². The molecule has 6 nitrogen and oxygen atoms in total. The number of amides is 2. The van der Waals surface area contributed by atoms with E-state index < -0.39 is 0 Å². The number of benzene rings is 1. The summed E-state index contributed by atoms with van der Waals surface area (Å²) in [6.45, 7) is 1.17. The Hall–Kier alpha value is -2.70. The summed E-state index contributed by atoms with van der Waals surface area (Å²) in [6.07, 6.45) is 0.794. The maximum atomic E-state index is 12.9. The van der Waals surface area contributed by atoms with Crippen molar-refractivity contribution in [1.29, 1.82) is 0 Å². The third kappa shape index (κ3) is 3.08. The van der Waals surface area contributed by atoms with E-state index in [2.05, 4.69) is 15.5 Å². The van der Waals surface area contributed by atoms with Crippen molar-refractivity contribution in [3.8, 4) is 0 Å². The molecule has 7 heteroatoms. The first kappa shape index (κ1) is 15.2. The highest BCUT2D eigenvalue weighted by atomic mass is 19.1. The van der Waals surface area contributed by atoms with Crippen molar-refractivity contribution in [3.63, 3.8) is 0 Å². The van der Waals surface area contributed by atoms with Crippen molar-refractivity contribution in [2.45, 2.75) is 12.3 Å². The van der Waals surface area contributed by atoms with Gasteiger partial charge in [-0.1, -0.05) is 0 Å². The van der Waals surface area contributed by atoms with E-state index in [0.29, 0.717) is 24.3 Å². The Morgan fingerprint density at radius 1 is 1.35 bits per heavy atom. The van der Waals surface area contributed by atoms with Crippen molar-refractivity contribution in [1.82, 2.24) is 20.4 Å². The van der Waals surface area contributed by atoms with E-state index in [1.54, 1.807) is 18.0 Å². The van der Waals surface area contributed by atoms with Crippen LogP contribution in [0.4, 0.5) is 4.39 Å². The number of rotatable bonds is 3. The molecular formula is C16H17FN4O2. The molecule has 1 saturated heterocycles. The molecule has 1 aromatic carbocycles. The Bertz CT molecular complexity index is 726. The van der Waals surface area contributed by atoms with Crippen LogP contribution < -0.4 is 5.32 Å². The molecule has 1 fully saturated rings. The van der Waals surface area contributed by atoms with Crippen molar-refractivity contribution in [2.24, 2.45) is 0 Å². The van der Waals surface area contributed by atoms with Gasteiger partial charge < -0.3 is 10.2 Å². The maximum absolute atomic E-state index is 12.9. The molecule has 0 spiro atoms. The number of carbonyl (C=O) groups is 2. The Balaban J connectivity index is 1.68. The average molecular weight is 316 g/mol. The van der Waals surface area contributed by atoms with Crippen molar-refractivity contribution in [2.75, 3.05) is 20.1 Å². The number of aromatic nitrogens is 2. The fraction of sp³-hybridized carbons (Fsp3) is 0.312. The Morgan fingerprint density at radius 2 is 2.09 bits per heavy atom. The molecule has 23 heavy (non-hydrogen) atoms. The minimum atomic E-state index is -0.361. The molecule has 2 amide bonds. The van der Waals surface area contributed by atoms with Gasteiger partial charge in [0.15, 0.2) is 0 Å². The molecule has 0 aliphatic carbocycles. The number of nitrogens with zero attached hydrogens (tertiary/aromatic N) is 2. The number of halogens is 1. The van der Waals surface area contributed by atoms with E-state index in [4.69, 9.17) is 0 Å². The molecule has 1 aliphatic heterocycles. The quantitative estimate of drug-likeness (QED) is 0.901. The van der Waals surface area contributed by atoms with Crippen LogP contribution in [0.15, 0.2) is 30.3 Å². The van der Waals surface area contributed by atoms with Crippen LogP contribution >= 0.6 is 0 Å². The topological polar surface area (TPSA) is 78.1 Å². The standard InChI is InChI=1S/C16H17FN4O2/c1-18-15(22)14-8-13(19-20-14)11-6-7-21(9-11)16(23)10-2-4-12(17)5-3-10/h2-5,8,11H,6-7,9H2,1H3,(H,18,22)(H,19,20). The van der Waals surface area contributed by atoms with E-state index in [9.17, 15) is 14.0 Å². The van der Waals surface area contributed by atoms with Crippen LogP contribution in [0.2, 0.25) is 0 Å². The number of likely N-dealkylation sites (tertiary alicyclic amines) is 1. The first-order chi connectivity index (χ1) is 11.1. The SMILES string of the molecule is CNC(=O)c1cc(C2CCN(C(=O)c3ccc(F)cc3)C2)[nH]n1. The lowest BCUT2D eigenvalue weighted by molar-refractivity contribution is 0.0790. The maximum Gasteiger partial charge on any atom is 0.271 e. The van der Waals surface area contributed by atoms with Crippen LogP contribution in [-0.4, -0.2) is 47.0 Å². The predicted molar refractivity (Wildman–Crippen MR) is 81.6 cm³/mol. The molecule has 0 bridgehead atoms. The summed E-state index contributed by atoms with van der Waals surface area (Å²) in [5, 5.41) is 9.38. The molecule has 3 rings (SSSR count). The number of hydrogen-bond acceptors (Lipinski definition) is 3. The summed E-state index contributed by atoms with van der Waals surface area (Å²) in [7, 11) is 1.55. The molecule has 1 unspecified atom stereocenters. The van der Waals surface area contributed by atoms with E-state index >= 15 is 0 Å². The van der Waals surface area contributed by atoms with Gasteiger partial charge in [0.05, 0.1) is 0 Å². The van der Waals surface area contributed by atoms with Crippen LogP contribution in [0.1, 0.15) is 38.9 Å². The highest BCUT2D eigenvalue weighted by Crippen LogP contribution is 2.27. The van der Waals surface area contributed by atoms with Gasteiger partial charge in [0.1, 0.15) is 11.5 Å². The summed E-state index contributed by atoms with van der Waals surface area (Å²) < 4.78 is 12.9. The normalized spacial score (nSPS) is 17.3. The third-order valence-electron chi connectivity index (χ3n) is 4.06. The van der Waals surface area contributed by atoms with Crippen LogP contribution in [0.25, 0.3) is 0 Å². The largest absolute Gasteiger partial charge is 0.354 e. The predicted octanol–water partition coefficient (Wildman–Crippen LogP) is 1.54. The first-order valence-corrected chi connectivity index (χ1v) is 7.40. The number of aromatic amines is 1. The van der Waals surface area contributed by atoms with Crippen LogP contribution in [0, 0.1) is 5.82 Å². The molecule has 2 N–H and O–H groups in total. The van der Waals surface area contributed by atoms with Crippen LogP contribution in [-0.2, 0) is 0 Å². The van der Waals surface area contributed by atoms with Gasteiger partial charge in [0, 0.05) is 37.3 Å². The second-order valence-corrected chi connectivity index (χ2v) is 5.53. The van der Waals surface area contributed by atoms with Crippen LogP contribution in [0.5, 0.6) is 0 Å². The van der Waals surface area contributed by atoms with E-state index in [1.165, 1.54) is 24.3 Å². The van der Waals surface area contributed by atoms with E-state index in [0.717, 1.165) is 12.1 Å². The summed E-state index contributed by atoms with van der Waals surface area (Å²) in [6, 6.07) is 7.27. The minimum absolute atomic E-state index is 0.112. The van der Waals surface area contributed by atoms with Gasteiger partial charge in [0.25, 0.3) is 11.8 Å². The fourth-order valence-electron chi connectivity index (χ4n) is 2.76. The van der Waals surface area contributed by atoms with Gasteiger partial charge in [-0.05, 0) is 36.8 Å². The number of nitrogens with one attached hydrogen (secondary N) is 2. The van der Waals surface area contributed by atoms with Crippen molar-refractivity contribution >= 4 is 11.8 Å². The zero-order valence-electron chi connectivity index (χ0n) is 12.7. The van der Waals surface area contributed by atoms with Crippen molar-refractivity contribution < 1.29 is 14.0 Å². The molecule has 2 aromatic rings. The van der Waals surface area contributed by atoms with Gasteiger partial charge in [0.2, 0.25) is 0 Å². The fourth-order valence-corrected chi connectivity index (χ4v) is 2.76.